The van der Waals surface area contributed by atoms with E-state index in [1.54, 1.807) is 0 Å². The van der Waals surface area contributed by atoms with Gasteiger partial charge in [0.1, 0.15) is 13.2 Å². The van der Waals surface area contributed by atoms with Crippen LogP contribution >= 0.6 is 0 Å². The van der Waals surface area contributed by atoms with Gasteiger partial charge in [-0.3, -0.25) is 14.4 Å². The predicted molar refractivity (Wildman–Crippen MR) is 219 cm³/mol. The molecule has 6 nitrogen and oxygen atoms in total. The average molecular weight is 729 g/mol. The summed E-state index contributed by atoms with van der Waals surface area (Å²) in [5, 5.41) is 0. The Balaban J connectivity index is 4.37. The second-order valence-corrected chi connectivity index (χ2v) is 14.3. The van der Waals surface area contributed by atoms with Crippen molar-refractivity contribution in [3.63, 3.8) is 0 Å². The average Bonchev–Trinajstić information content (AvgIpc) is 3.14. The highest BCUT2D eigenvalue weighted by Gasteiger charge is 2.19. The fourth-order valence-corrected chi connectivity index (χ4v) is 5.73. The first-order chi connectivity index (χ1) is 25.5. The van der Waals surface area contributed by atoms with Gasteiger partial charge >= 0.3 is 17.9 Å². The molecule has 0 rings (SSSR count). The van der Waals surface area contributed by atoms with Gasteiger partial charge in [-0.2, -0.15) is 0 Å². The first-order valence-electron chi connectivity index (χ1n) is 21.6. The molecular formula is C46H80O6. The molecule has 52 heavy (non-hydrogen) atoms. The molecule has 0 spiro atoms. The third-order valence-corrected chi connectivity index (χ3v) is 9.04. The zero-order valence-corrected chi connectivity index (χ0v) is 34.1. The maximum absolute atomic E-state index is 12.7. The van der Waals surface area contributed by atoms with Crippen molar-refractivity contribution in [2.24, 2.45) is 0 Å². The van der Waals surface area contributed by atoms with Crippen LogP contribution in [0.5, 0.6) is 0 Å². The zero-order chi connectivity index (χ0) is 38.0. The van der Waals surface area contributed by atoms with E-state index in [4.69, 9.17) is 14.2 Å². The molecular weight excluding hydrogens is 649 g/mol. The lowest BCUT2D eigenvalue weighted by atomic mass is 10.1. The Morgan fingerprint density at radius 1 is 0.385 bits per heavy atom. The van der Waals surface area contributed by atoms with E-state index in [9.17, 15) is 14.4 Å². The monoisotopic (exact) mass is 729 g/mol. The van der Waals surface area contributed by atoms with Crippen LogP contribution in [0.15, 0.2) is 48.6 Å². The number of hydrogen-bond donors (Lipinski definition) is 0. The fraction of sp³-hybridized carbons (Fsp3) is 0.761. The van der Waals surface area contributed by atoms with E-state index in [1.165, 1.54) is 57.8 Å². The van der Waals surface area contributed by atoms with Gasteiger partial charge in [-0.05, 0) is 70.6 Å². The van der Waals surface area contributed by atoms with Crippen molar-refractivity contribution in [2.75, 3.05) is 13.2 Å². The van der Waals surface area contributed by atoms with Gasteiger partial charge in [-0.1, -0.05) is 166 Å². The van der Waals surface area contributed by atoms with Gasteiger partial charge in [0.05, 0.1) is 0 Å². The van der Waals surface area contributed by atoms with E-state index in [-0.39, 0.29) is 31.1 Å². The van der Waals surface area contributed by atoms with E-state index >= 15 is 0 Å². The molecule has 300 valence electrons. The van der Waals surface area contributed by atoms with Crippen LogP contribution in [-0.4, -0.2) is 37.2 Å². The summed E-state index contributed by atoms with van der Waals surface area (Å²) in [7, 11) is 0. The summed E-state index contributed by atoms with van der Waals surface area (Å²) in [6, 6.07) is 0. The molecule has 0 aliphatic rings. The van der Waals surface area contributed by atoms with Crippen molar-refractivity contribution in [3.05, 3.63) is 48.6 Å². The molecule has 0 aromatic carbocycles. The number of rotatable bonds is 38. The Hall–Kier alpha value is -2.63. The summed E-state index contributed by atoms with van der Waals surface area (Å²) in [6.45, 7) is 6.45. The van der Waals surface area contributed by atoms with Gasteiger partial charge in [-0.25, -0.2) is 0 Å². The Kier molecular flexibility index (Phi) is 39.1. The lowest BCUT2D eigenvalue weighted by molar-refractivity contribution is -0.167. The summed E-state index contributed by atoms with van der Waals surface area (Å²) in [5.41, 5.74) is 0. The molecule has 0 heterocycles. The Labute approximate surface area is 320 Å². The molecule has 0 saturated heterocycles. The van der Waals surface area contributed by atoms with Crippen molar-refractivity contribution in [3.8, 4) is 0 Å². The van der Waals surface area contributed by atoms with Crippen LogP contribution in [0.4, 0.5) is 0 Å². The number of esters is 3. The molecule has 0 amide bonds. The highest BCUT2D eigenvalue weighted by Crippen LogP contribution is 2.13. The maximum Gasteiger partial charge on any atom is 0.306 e. The molecule has 0 aromatic heterocycles. The second kappa shape index (κ2) is 41.1. The highest BCUT2D eigenvalue weighted by atomic mass is 16.6. The Morgan fingerprint density at radius 2 is 0.750 bits per heavy atom. The van der Waals surface area contributed by atoms with Crippen molar-refractivity contribution < 1.29 is 28.6 Å². The lowest BCUT2D eigenvalue weighted by Crippen LogP contribution is -2.30. The minimum atomic E-state index is -0.780. The fourth-order valence-electron chi connectivity index (χ4n) is 5.73. The van der Waals surface area contributed by atoms with Gasteiger partial charge < -0.3 is 14.2 Å². The number of carbonyl (C=O) groups excluding carboxylic acids is 3. The smallest absolute Gasteiger partial charge is 0.306 e. The van der Waals surface area contributed by atoms with Crippen molar-refractivity contribution in [2.45, 2.75) is 213 Å². The number of ether oxygens (including phenoxy) is 3. The van der Waals surface area contributed by atoms with Crippen LogP contribution in [0.3, 0.4) is 0 Å². The predicted octanol–water partition coefficient (Wildman–Crippen LogP) is 13.6. The van der Waals surface area contributed by atoms with E-state index in [1.807, 2.05) is 0 Å². The zero-order valence-electron chi connectivity index (χ0n) is 34.1. The third kappa shape index (κ3) is 38.6. The molecule has 0 saturated carbocycles. The van der Waals surface area contributed by atoms with Crippen LogP contribution < -0.4 is 0 Å². The van der Waals surface area contributed by atoms with Crippen LogP contribution in [0.2, 0.25) is 0 Å². The minimum Gasteiger partial charge on any atom is -0.462 e. The molecule has 0 bridgehead atoms. The summed E-state index contributed by atoms with van der Waals surface area (Å²) >= 11 is 0. The highest BCUT2D eigenvalue weighted by molar-refractivity contribution is 5.71. The van der Waals surface area contributed by atoms with Crippen LogP contribution in [-0.2, 0) is 28.6 Å². The van der Waals surface area contributed by atoms with Crippen LogP contribution in [0, 0.1) is 0 Å². The number of unbranched alkanes of at least 4 members (excludes halogenated alkanes) is 19. The number of allylic oxidation sites excluding steroid dienone is 8. The SMILES string of the molecule is CCC/C=C\C/C=C\CCCCCCCC(=O)OC(COC(=O)CCCCCCC/C=C\C/C=C\CCCC)COC(=O)CCCCCCCCC. The van der Waals surface area contributed by atoms with Crippen molar-refractivity contribution in [1.29, 1.82) is 0 Å². The molecule has 0 aliphatic carbocycles. The van der Waals surface area contributed by atoms with Crippen LogP contribution in [0.1, 0.15) is 207 Å². The van der Waals surface area contributed by atoms with Gasteiger partial charge in [0, 0.05) is 19.3 Å². The van der Waals surface area contributed by atoms with Crippen LogP contribution in [0.25, 0.3) is 0 Å². The number of carbonyl (C=O) groups is 3. The summed E-state index contributed by atoms with van der Waals surface area (Å²) in [6.07, 6.45) is 46.7. The van der Waals surface area contributed by atoms with Gasteiger partial charge in [-0.15, -0.1) is 0 Å². The standard InChI is InChI=1S/C46H80O6/c1-4-7-10-13-16-18-20-22-24-25-27-30-33-36-39-45(48)51-42-43(41-50-44(47)38-35-32-29-15-12-9-6-3)52-46(49)40-37-34-31-28-26-23-21-19-17-14-11-8-5-2/h11,13-14,16,19-22,43H,4-10,12,15,17-18,23-42H2,1-3H3/b14-11-,16-13-,21-19-,22-20-. The molecule has 0 aliphatic heterocycles. The summed E-state index contributed by atoms with van der Waals surface area (Å²) in [4.78, 5) is 37.5. The normalized spacial score (nSPS) is 12.4. The quantitative estimate of drug-likeness (QED) is 0.0272. The first-order valence-corrected chi connectivity index (χ1v) is 21.6. The minimum absolute atomic E-state index is 0.0835. The second-order valence-electron chi connectivity index (χ2n) is 14.3. The van der Waals surface area contributed by atoms with Gasteiger partial charge in [0.25, 0.3) is 0 Å². The van der Waals surface area contributed by atoms with Gasteiger partial charge in [0.15, 0.2) is 6.10 Å². The molecule has 0 radical (unpaired) electrons. The first kappa shape index (κ1) is 49.4. The molecule has 0 fully saturated rings. The van der Waals surface area contributed by atoms with E-state index < -0.39 is 6.10 Å². The molecule has 1 atom stereocenters. The van der Waals surface area contributed by atoms with E-state index in [0.717, 1.165) is 109 Å². The molecule has 0 aromatic rings. The van der Waals surface area contributed by atoms with Crippen molar-refractivity contribution in [1.82, 2.24) is 0 Å². The Morgan fingerprint density at radius 3 is 1.19 bits per heavy atom. The maximum atomic E-state index is 12.7. The summed E-state index contributed by atoms with van der Waals surface area (Å²) in [5.74, 6) is -0.923. The largest absolute Gasteiger partial charge is 0.462 e. The lowest BCUT2D eigenvalue weighted by Gasteiger charge is -2.18. The topological polar surface area (TPSA) is 78.9 Å². The molecule has 1 unspecified atom stereocenters. The molecule has 0 N–H and O–H groups in total. The summed E-state index contributed by atoms with van der Waals surface area (Å²) < 4.78 is 16.6. The van der Waals surface area contributed by atoms with E-state index in [2.05, 4.69) is 69.4 Å². The molecule has 6 heteroatoms. The van der Waals surface area contributed by atoms with Crippen molar-refractivity contribution >= 4 is 17.9 Å². The van der Waals surface area contributed by atoms with E-state index in [0.29, 0.717) is 19.3 Å². The van der Waals surface area contributed by atoms with Gasteiger partial charge in [0.2, 0.25) is 0 Å². The Bertz CT molecular complexity index is 933. The third-order valence-electron chi connectivity index (χ3n) is 9.04. The number of hydrogen-bond acceptors (Lipinski definition) is 6.